The average molecular weight is 288 g/mol. The topological polar surface area (TPSA) is 20.2 Å². The van der Waals surface area contributed by atoms with Crippen LogP contribution in [0, 0.1) is 0 Å². The highest BCUT2D eigenvalue weighted by molar-refractivity contribution is 6.42. The van der Waals surface area contributed by atoms with Crippen LogP contribution < -0.4 is 0 Å². The fraction of sp³-hybridized carbons (Fsp3) is 0.0769. The third-order valence-electron chi connectivity index (χ3n) is 2.40. The van der Waals surface area contributed by atoms with E-state index in [1.165, 1.54) is 0 Å². The molecule has 2 rings (SSSR count). The summed E-state index contributed by atoms with van der Waals surface area (Å²) in [7, 11) is 0. The number of phenols is 1. The van der Waals surface area contributed by atoms with Crippen LogP contribution in [0.2, 0.25) is 15.1 Å². The summed E-state index contributed by atoms with van der Waals surface area (Å²) < 4.78 is 0. The van der Waals surface area contributed by atoms with Crippen LogP contribution in [0.5, 0.6) is 5.75 Å². The first-order valence-corrected chi connectivity index (χ1v) is 6.11. The Kier molecular flexibility index (Phi) is 3.82. The minimum absolute atomic E-state index is 0.0876. The number of hydrogen-bond acceptors (Lipinski definition) is 1. The van der Waals surface area contributed by atoms with E-state index < -0.39 is 0 Å². The summed E-state index contributed by atoms with van der Waals surface area (Å²) in [5, 5.41) is 10.7. The van der Waals surface area contributed by atoms with Gasteiger partial charge in [0.15, 0.2) is 0 Å². The summed E-state index contributed by atoms with van der Waals surface area (Å²) in [6.45, 7) is 0. The maximum Gasteiger partial charge on any atom is 0.134 e. The molecular formula is C13H9Cl3O. The van der Waals surface area contributed by atoms with E-state index in [-0.39, 0.29) is 5.75 Å². The van der Waals surface area contributed by atoms with Crippen LogP contribution in [-0.2, 0) is 6.42 Å². The van der Waals surface area contributed by atoms with Gasteiger partial charge in [-0.05, 0) is 41.8 Å². The van der Waals surface area contributed by atoms with Crippen molar-refractivity contribution in [2.75, 3.05) is 0 Å². The molecule has 0 saturated carbocycles. The van der Waals surface area contributed by atoms with Crippen molar-refractivity contribution >= 4 is 34.8 Å². The second-order valence-electron chi connectivity index (χ2n) is 3.71. The van der Waals surface area contributed by atoms with Crippen molar-refractivity contribution in [3.8, 4) is 5.75 Å². The lowest BCUT2D eigenvalue weighted by molar-refractivity contribution is 0.475. The first-order chi connectivity index (χ1) is 8.06. The summed E-state index contributed by atoms with van der Waals surface area (Å²) in [6.07, 6.45) is 0.691. The molecule has 2 aromatic rings. The Morgan fingerprint density at radius 1 is 0.765 bits per heavy atom. The van der Waals surface area contributed by atoms with E-state index in [2.05, 4.69) is 0 Å². The van der Waals surface area contributed by atoms with Crippen molar-refractivity contribution in [2.24, 2.45) is 0 Å². The Labute approximate surface area is 115 Å². The van der Waals surface area contributed by atoms with Crippen LogP contribution in [0.4, 0.5) is 0 Å². The number of hydrogen-bond donors (Lipinski definition) is 1. The van der Waals surface area contributed by atoms with Gasteiger partial charge in [0.1, 0.15) is 5.75 Å². The SMILES string of the molecule is Oc1ccc(Cc2ccc(Cl)c(Cl)c2)cc1Cl. The van der Waals surface area contributed by atoms with E-state index in [0.29, 0.717) is 21.5 Å². The molecule has 0 radical (unpaired) electrons. The van der Waals surface area contributed by atoms with Crippen LogP contribution in [0.1, 0.15) is 11.1 Å². The number of rotatable bonds is 2. The molecule has 0 fully saturated rings. The van der Waals surface area contributed by atoms with Crippen LogP contribution in [0.25, 0.3) is 0 Å². The van der Waals surface area contributed by atoms with E-state index in [1.54, 1.807) is 18.2 Å². The van der Waals surface area contributed by atoms with Gasteiger partial charge in [0.25, 0.3) is 0 Å². The van der Waals surface area contributed by atoms with Crippen molar-refractivity contribution in [1.29, 1.82) is 0 Å². The highest BCUT2D eigenvalue weighted by Crippen LogP contribution is 2.27. The molecular weight excluding hydrogens is 279 g/mol. The Bertz CT molecular complexity index is 503. The van der Waals surface area contributed by atoms with Crippen molar-refractivity contribution in [3.63, 3.8) is 0 Å². The molecule has 0 bridgehead atoms. The van der Waals surface area contributed by atoms with Crippen molar-refractivity contribution in [1.82, 2.24) is 0 Å². The molecule has 1 N–H and O–H groups in total. The molecule has 2 aromatic carbocycles. The molecule has 0 heterocycles. The lowest BCUT2D eigenvalue weighted by Gasteiger charge is -2.05. The van der Waals surface area contributed by atoms with Gasteiger partial charge >= 0.3 is 0 Å². The maximum absolute atomic E-state index is 9.32. The Morgan fingerprint density at radius 3 is 1.94 bits per heavy atom. The minimum Gasteiger partial charge on any atom is -0.506 e. The average Bonchev–Trinajstić information content (AvgIpc) is 2.29. The lowest BCUT2D eigenvalue weighted by atomic mass is 10.1. The number of aromatic hydroxyl groups is 1. The van der Waals surface area contributed by atoms with E-state index in [1.807, 2.05) is 18.2 Å². The summed E-state index contributed by atoms with van der Waals surface area (Å²) >= 11 is 17.6. The third-order valence-corrected chi connectivity index (χ3v) is 3.45. The molecule has 0 aliphatic heterocycles. The largest absolute Gasteiger partial charge is 0.506 e. The molecule has 0 saturated heterocycles. The zero-order chi connectivity index (χ0) is 12.4. The number of phenolic OH excluding ortho intramolecular Hbond substituents is 1. The second-order valence-corrected chi connectivity index (χ2v) is 4.93. The smallest absolute Gasteiger partial charge is 0.134 e. The molecule has 0 aliphatic rings. The molecule has 0 atom stereocenters. The first-order valence-electron chi connectivity index (χ1n) is 4.97. The number of benzene rings is 2. The summed E-state index contributed by atoms with van der Waals surface area (Å²) in [5.74, 6) is 0.0876. The first kappa shape index (κ1) is 12.6. The molecule has 0 spiro atoms. The Morgan fingerprint density at radius 2 is 1.35 bits per heavy atom. The van der Waals surface area contributed by atoms with Crippen molar-refractivity contribution < 1.29 is 5.11 Å². The van der Waals surface area contributed by atoms with Gasteiger partial charge in [0.05, 0.1) is 15.1 Å². The van der Waals surface area contributed by atoms with Gasteiger partial charge in [-0.1, -0.05) is 46.9 Å². The normalized spacial score (nSPS) is 10.5. The fourth-order valence-electron chi connectivity index (χ4n) is 1.55. The Hall–Kier alpha value is -0.890. The van der Waals surface area contributed by atoms with Gasteiger partial charge in [-0.3, -0.25) is 0 Å². The standard InChI is InChI=1S/C13H9Cl3O/c14-10-3-1-8(6-11(10)15)5-9-2-4-13(17)12(16)7-9/h1-4,6-7,17H,5H2. The molecule has 0 aromatic heterocycles. The highest BCUT2D eigenvalue weighted by Gasteiger charge is 2.03. The van der Waals surface area contributed by atoms with E-state index >= 15 is 0 Å². The van der Waals surface area contributed by atoms with Gasteiger partial charge < -0.3 is 5.11 Å². The molecule has 1 nitrogen and oxygen atoms in total. The zero-order valence-electron chi connectivity index (χ0n) is 8.75. The van der Waals surface area contributed by atoms with Gasteiger partial charge in [0.2, 0.25) is 0 Å². The third kappa shape index (κ3) is 3.06. The zero-order valence-corrected chi connectivity index (χ0v) is 11.0. The second kappa shape index (κ2) is 5.18. The molecule has 88 valence electrons. The van der Waals surface area contributed by atoms with Gasteiger partial charge in [-0.15, -0.1) is 0 Å². The van der Waals surface area contributed by atoms with E-state index in [0.717, 1.165) is 11.1 Å². The molecule has 0 unspecified atom stereocenters. The van der Waals surface area contributed by atoms with E-state index in [9.17, 15) is 5.11 Å². The lowest BCUT2D eigenvalue weighted by Crippen LogP contribution is -1.88. The van der Waals surface area contributed by atoms with Crippen LogP contribution >= 0.6 is 34.8 Å². The molecule has 0 aliphatic carbocycles. The highest BCUT2D eigenvalue weighted by atomic mass is 35.5. The molecule has 4 heteroatoms. The molecule has 17 heavy (non-hydrogen) atoms. The summed E-state index contributed by atoms with van der Waals surface area (Å²) in [5.41, 5.74) is 2.05. The molecule has 0 amide bonds. The monoisotopic (exact) mass is 286 g/mol. The van der Waals surface area contributed by atoms with Crippen molar-refractivity contribution in [3.05, 3.63) is 62.6 Å². The summed E-state index contributed by atoms with van der Waals surface area (Å²) in [6, 6.07) is 10.6. The van der Waals surface area contributed by atoms with Crippen LogP contribution in [0.3, 0.4) is 0 Å². The quantitative estimate of drug-likeness (QED) is 0.829. The van der Waals surface area contributed by atoms with Gasteiger partial charge in [-0.25, -0.2) is 0 Å². The van der Waals surface area contributed by atoms with Gasteiger partial charge in [0, 0.05) is 0 Å². The minimum atomic E-state index is 0.0876. The van der Waals surface area contributed by atoms with Crippen LogP contribution in [0.15, 0.2) is 36.4 Å². The van der Waals surface area contributed by atoms with Crippen LogP contribution in [-0.4, -0.2) is 5.11 Å². The van der Waals surface area contributed by atoms with Gasteiger partial charge in [-0.2, -0.15) is 0 Å². The Balaban J connectivity index is 2.25. The fourth-order valence-corrected chi connectivity index (χ4v) is 2.07. The van der Waals surface area contributed by atoms with E-state index in [4.69, 9.17) is 34.8 Å². The summed E-state index contributed by atoms with van der Waals surface area (Å²) in [4.78, 5) is 0. The van der Waals surface area contributed by atoms with Crippen molar-refractivity contribution in [2.45, 2.75) is 6.42 Å². The predicted octanol–water partition coefficient (Wildman–Crippen LogP) is 4.94. The maximum atomic E-state index is 9.32. The predicted molar refractivity (Wildman–Crippen MR) is 72.4 cm³/mol. The number of halogens is 3.